The van der Waals surface area contributed by atoms with E-state index in [0.29, 0.717) is 6.54 Å². The molecule has 0 spiro atoms. The standard InChI is InChI=1S/C8H14N2O4/c1-5-8(9,6(11)12)3-4-10(5)7(13)14-2/h5H,3-4,9H2,1-2H3,(H,11,12). The minimum atomic E-state index is -1.35. The summed E-state index contributed by atoms with van der Waals surface area (Å²) in [5.74, 6) is -1.09. The van der Waals surface area contributed by atoms with Crippen molar-refractivity contribution in [3.8, 4) is 0 Å². The van der Waals surface area contributed by atoms with Crippen LogP contribution in [0.4, 0.5) is 4.79 Å². The number of carboxylic acid groups (broad SMARTS) is 1. The summed E-state index contributed by atoms with van der Waals surface area (Å²) in [6.45, 7) is 1.93. The zero-order valence-corrected chi connectivity index (χ0v) is 8.19. The van der Waals surface area contributed by atoms with E-state index in [2.05, 4.69) is 4.74 Å². The zero-order valence-electron chi connectivity index (χ0n) is 8.19. The van der Waals surface area contributed by atoms with Crippen LogP contribution < -0.4 is 5.73 Å². The van der Waals surface area contributed by atoms with Crippen LogP contribution in [-0.4, -0.2) is 47.3 Å². The van der Waals surface area contributed by atoms with Gasteiger partial charge in [-0.1, -0.05) is 0 Å². The molecule has 1 rings (SSSR count). The Bertz CT molecular complexity index is 268. The first-order chi connectivity index (χ1) is 6.43. The number of hydrogen-bond acceptors (Lipinski definition) is 4. The Morgan fingerprint density at radius 3 is 2.57 bits per heavy atom. The topological polar surface area (TPSA) is 92.9 Å². The number of carbonyl (C=O) groups is 2. The molecule has 0 aliphatic carbocycles. The molecule has 1 amide bonds. The second kappa shape index (κ2) is 3.45. The highest BCUT2D eigenvalue weighted by Crippen LogP contribution is 2.26. The molecule has 0 radical (unpaired) electrons. The summed E-state index contributed by atoms with van der Waals surface area (Å²) in [4.78, 5) is 23.4. The first-order valence-electron chi connectivity index (χ1n) is 4.30. The van der Waals surface area contributed by atoms with Gasteiger partial charge >= 0.3 is 12.1 Å². The van der Waals surface area contributed by atoms with Gasteiger partial charge in [0.25, 0.3) is 0 Å². The predicted octanol–water partition coefficient (Wildman–Crippen LogP) is -0.371. The lowest BCUT2D eigenvalue weighted by Gasteiger charge is -2.27. The SMILES string of the molecule is COC(=O)N1CCC(N)(C(=O)O)C1C. The van der Waals surface area contributed by atoms with E-state index in [1.54, 1.807) is 6.92 Å². The molecule has 1 aliphatic heterocycles. The van der Waals surface area contributed by atoms with Crippen LogP contribution in [0.15, 0.2) is 0 Å². The second-order valence-corrected chi connectivity index (χ2v) is 3.43. The lowest BCUT2D eigenvalue weighted by molar-refractivity contribution is -0.143. The smallest absolute Gasteiger partial charge is 0.409 e. The van der Waals surface area contributed by atoms with Gasteiger partial charge in [-0.3, -0.25) is 4.79 Å². The summed E-state index contributed by atoms with van der Waals surface area (Å²) in [5, 5.41) is 8.91. The van der Waals surface area contributed by atoms with Gasteiger partial charge in [0.1, 0.15) is 5.54 Å². The van der Waals surface area contributed by atoms with Gasteiger partial charge in [0.2, 0.25) is 0 Å². The molecular formula is C8H14N2O4. The number of ether oxygens (including phenoxy) is 1. The molecule has 1 saturated heterocycles. The van der Waals surface area contributed by atoms with Crippen molar-refractivity contribution < 1.29 is 19.4 Å². The number of carboxylic acids is 1. The molecule has 2 atom stereocenters. The normalized spacial score (nSPS) is 31.6. The largest absolute Gasteiger partial charge is 0.480 e. The number of aliphatic carboxylic acids is 1. The first-order valence-corrected chi connectivity index (χ1v) is 4.30. The summed E-state index contributed by atoms with van der Waals surface area (Å²) >= 11 is 0. The molecule has 1 heterocycles. The number of rotatable bonds is 1. The van der Waals surface area contributed by atoms with E-state index in [0.717, 1.165) is 0 Å². The van der Waals surface area contributed by atoms with E-state index in [4.69, 9.17) is 10.8 Å². The van der Waals surface area contributed by atoms with Gasteiger partial charge in [-0.25, -0.2) is 4.79 Å². The van der Waals surface area contributed by atoms with Crippen molar-refractivity contribution in [3.63, 3.8) is 0 Å². The third-order valence-corrected chi connectivity index (χ3v) is 2.79. The van der Waals surface area contributed by atoms with Crippen molar-refractivity contribution in [3.05, 3.63) is 0 Å². The minimum absolute atomic E-state index is 0.249. The number of nitrogens with two attached hydrogens (primary N) is 1. The molecule has 80 valence electrons. The Balaban J connectivity index is 2.83. The molecule has 3 N–H and O–H groups in total. The Hall–Kier alpha value is -1.30. The van der Waals surface area contributed by atoms with Gasteiger partial charge in [-0.15, -0.1) is 0 Å². The lowest BCUT2D eigenvalue weighted by atomic mass is 9.93. The second-order valence-electron chi connectivity index (χ2n) is 3.43. The van der Waals surface area contributed by atoms with Crippen LogP contribution in [0, 0.1) is 0 Å². The summed E-state index contributed by atoms with van der Waals surface area (Å²) in [6.07, 6.45) is -0.287. The fourth-order valence-corrected chi connectivity index (χ4v) is 1.64. The Kier molecular flexibility index (Phi) is 2.66. The summed E-state index contributed by atoms with van der Waals surface area (Å²) in [6, 6.07) is -0.549. The van der Waals surface area contributed by atoms with Crippen LogP contribution in [0.2, 0.25) is 0 Å². The number of methoxy groups -OCH3 is 1. The number of likely N-dealkylation sites (tertiary alicyclic amines) is 1. The van der Waals surface area contributed by atoms with E-state index < -0.39 is 23.6 Å². The minimum Gasteiger partial charge on any atom is -0.480 e. The number of nitrogens with zero attached hydrogens (tertiary/aromatic N) is 1. The lowest BCUT2D eigenvalue weighted by Crippen LogP contribution is -2.56. The summed E-state index contributed by atoms with van der Waals surface area (Å²) in [5.41, 5.74) is 4.33. The van der Waals surface area contributed by atoms with Crippen LogP contribution in [-0.2, 0) is 9.53 Å². The van der Waals surface area contributed by atoms with Crippen LogP contribution in [0.25, 0.3) is 0 Å². The van der Waals surface area contributed by atoms with E-state index in [9.17, 15) is 9.59 Å². The molecule has 1 fully saturated rings. The average Bonchev–Trinajstić information content (AvgIpc) is 2.44. The molecule has 6 heteroatoms. The third-order valence-electron chi connectivity index (χ3n) is 2.79. The average molecular weight is 202 g/mol. The van der Waals surface area contributed by atoms with Crippen LogP contribution >= 0.6 is 0 Å². The van der Waals surface area contributed by atoms with Crippen molar-refractivity contribution >= 4 is 12.1 Å². The maximum atomic E-state index is 11.2. The van der Waals surface area contributed by atoms with E-state index in [-0.39, 0.29) is 6.42 Å². The molecule has 6 nitrogen and oxygen atoms in total. The fourth-order valence-electron chi connectivity index (χ4n) is 1.64. The Morgan fingerprint density at radius 1 is 1.64 bits per heavy atom. The number of amides is 1. The maximum absolute atomic E-state index is 11.2. The highest BCUT2D eigenvalue weighted by Gasteiger charge is 2.49. The summed E-state index contributed by atoms with van der Waals surface area (Å²) in [7, 11) is 1.26. The van der Waals surface area contributed by atoms with Crippen LogP contribution in [0.1, 0.15) is 13.3 Å². The van der Waals surface area contributed by atoms with Crippen molar-refractivity contribution in [1.29, 1.82) is 0 Å². The number of hydrogen-bond donors (Lipinski definition) is 2. The zero-order chi connectivity index (χ0) is 10.9. The molecule has 0 aromatic carbocycles. The van der Waals surface area contributed by atoms with Gasteiger partial charge in [0, 0.05) is 6.54 Å². The van der Waals surface area contributed by atoms with Crippen LogP contribution in [0.3, 0.4) is 0 Å². The monoisotopic (exact) mass is 202 g/mol. The molecule has 1 aliphatic rings. The van der Waals surface area contributed by atoms with Gasteiger partial charge in [0.05, 0.1) is 13.2 Å². The van der Waals surface area contributed by atoms with Gasteiger partial charge in [0.15, 0.2) is 0 Å². The molecule has 0 aromatic heterocycles. The molecule has 0 bridgehead atoms. The van der Waals surface area contributed by atoms with Crippen molar-refractivity contribution in [2.45, 2.75) is 24.9 Å². The molecule has 0 aromatic rings. The van der Waals surface area contributed by atoms with E-state index in [1.807, 2.05) is 0 Å². The highest BCUT2D eigenvalue weighted by atomic mass is 16.5. The van der Waals surface area contributed by atoms with Gasteiger partial charge in [-0.2, -0.15) is 0 Å². The fraction of sp³-hybridized carbons (Fsp3) is 0.750. The van der Waals surface area contributed by atoms with Crippen molar-refractivity contribution in [1.82, 2.24) is 4.90 Å². The van der Waals surface area contributed by atoms with Crippen LogP contribution in [0.5, 0.6) is 0 Å². The Labute approximate surface area is 81.6 Å². The molecule has 2 unspecified atom stereocenters. The predicted molar refractivity (Wildman–Crippen MR) is 47.7 cm³/mol. The van der Waals surface area contributed by atoms with E-state index in [1.165, 1.54) is 12.0 Å². The summed E-state index contributed by atoms with van der Waals surface area (Å²) < 4.78 is 4.52. The van der Waals surface area contributed by atoms with Gasteiger partial charge < -0.3 is 20.5 Å². The molecular weight excluding hydrogens is 188 g/mol. The Morgan fingerprint density at radius 2 is 2.21 bits per heavy atom. The van der Waals surface area contributed by atoms with E-state index >= 15 is 0 Å². The third kappa shape index (κ3) is 1.41. The molecule has 14 heavy (non-hydrogen) atoms. The molecule has 0 saturated carbocycles. The quantitative estimate of drug-likeness (QED) is 0.605. The first kappa shape index (κ1) is 10.8. The van der Waals surface area contributed by atoms with Gasteiger partial charge in [-0.05, 0) is 13.3 Å². The number of carbonyl (C=O) groups excluding carboxylic acids is 1. The van der Waals surface area contributed by atoms with Crippen molar-refractivity contribution in [2.75, 3.05) is 13.7 Å². The van der Waals surface area contributed by atoms with Crippen molar-refractivity contribution in [2.24, 2.45) is 5.73 Å². The maximum Gasteiger partial charge on any atom is 0.409 e. The highest BCUT2D eigenvalue weighted by molar-refractivity contribution is 5.82.